The number of nitrogens with zero attached hydrogens (tertiary/aromatic N) is 3. The van der Waals surface area contributed by atoms with Gasteiger partial charge in [-0.25, -0.2) is 13.4 Å². The number of benzene rings is 1. The third-order valence-electron chi connectivity index (χ3n) is 6.75. The average Bonchev–Trinajstić information content (AvgIpc) is 3.54. The van der Waals surface area contributed by atoms with Crippen molar-refractivity contribution in [2.75, 3.05) is 37.3 Å². The number of carbonyl (C=O) groups excluding carboxylic acids is 2. The molecule has 0 aliphatic carbocycles. The van der Waals surface area contributed by atoms with Gasteiger partial charge in [0.25, 0.3) is 11.8 Å². The van der Waals surface area contributed by atoms with Crippen LogP contribution in [-0.4, -0.2) is 73.0 Å². The fourth-order valence-corrected chi connectivity index (χ4v) is 6.26. The fraction of sp³-hybridized carbons (Fsp3) is 0.375. The van der Waals surface area contributed by atoms with E-state index in [9.17, 15) is 18.0 Å². The first kappa shape index (κ1) is 24.5. The molecule has 36 heavy (non-hydrogen) atoms. The summed E-state index contributed by atoms with van der Waals surface area (Å²) in [5.41, 5.74) is 9.54. The van der Waals surface area contributed by atoms with Gasteiger partial charge < -0.3 is 20.9 Å². The van der Waals surface area contributed by atoms with E-state index in [-0.39, 0.29) is 11.9 Å². The van der Waals surface area contributed by atoms with E-state index in [2.05, 4.69) is 20.2 Å². The Morgan fingerprint density at radius 3 is 2.78 bits per heavy atom. The Bertz CT molecular complexity index is 1440. The molecule has 1 aromatic carbocycles. The van der Waals surface area contributed by atoms with E-state index in [1.807, 2.05) is 18.2 Å². The highest BCUT2D eigenvalue weighted by Gasteiger charge is 2.26. The van der Waals surface area contributed by atoms with E-state index in [4.69, 9.17) is 5.73 Å². The maximum Gasteiger partial charge on any atom is 0.280 e. The lowest BCUT2D eigenvalue weighted by Gasteiger charge is -2.35. The molecule has 10 nitrogen and oxygen atoms in total. The van der Waals surface area contributed by atoms with Gasteiger partial charge in [0, 0.05) is 60.6 Å². The first-order valence-corrected chi connectivity index (χ1v) is 14.5. The van der Waals surface area contributed by atoms with Gasteiger partial charge in [-0.3, -0.25) is 9.59 Å². The Morgan fingerprint density at radius 2 is 2.11 bits per heavy atom. The van der Waals surface area contributed by atoms with Crippen molar-refractivity contribution in [1.29, 1.82) is 0 Å². The van der Waals surface area contributed by atoms with Crippen LogP contribution in [0.1, 0.15) is 45.1 Å². The zero-order valence-electron chi connectivity index (χ0n) is 19.9. The van der Waals surface area contributed by atoms with Crippen LogP contribution in [0.3, 0.4) is 0 Å². The number of piperidine rings is 1. The SMILES string of the molecule is CS(=O)(=O)N1CC=C(c2cc3c(N4CCCC(NC(=O)c5nccs5)C4)ccc(C(N)=O)c3[nH]2)CC1. The molecule has 2 aliphatic heterocycles. The third-order valence-corrected chi connectivity index (χ3v) is 8.79. The summed E-state index contributed by atoms with van der Waals surface area (Å²) in [6, 6.07) is 5.63. The maximum absolute atomic E-state index is 12.5. The van der Waals surface area contributed by atoms with Crippen LogP contribution in [0, 0.1) is 0 Å². The van der Waals surface area contributed by atoms with Crippen molar-refractivity contribution in [2.45, 2.75) is 25.3 Å². The van der Waals surface area contributed by atoms with Gasteiger partial charge in [0.2, 0.25) is 10.0 Å². The number of fused-ring (bicyclic) bond motifs is 1. The average molecular weight is 529 g/mol. The molecule has 1 saturated heterocycles. The fourth-order valence-electron chi connectivity index (χ4n) is 4.95. The van der Waals surface area contributed by atoms with Crippen molar-refractivity contribution >= 4 is 55.3 Å². The Morgan fingerprint density at radius 1 is 1.28 bits per heavy atom. The number of hydrogen-bond donors (Lipinski definition) is 3. The van der Waals surface area contributed by atoms with Crippen LogP contribution < -0.4 is 16.0 Å². The predicted octanol–water partition coefficient (Wildman–Crippen LogP) is 2.17. The standard InChI is InChI=1S/C24H28N6O4S2/c1-36(33,34)30-10-6-15(7-11-30)19-13-18-20(5-4-17(22(25)31)21(18)28-19)29-9-2-3-16(14-29)27-23(32)24-26-8-12-35-24/h4-6,8,12-13,16,28H,2-3,7,9-11,14H2,1H3,(H2,25,31)(H,27,32). The molecule has 12 heteroatoms. The van der Waals surface area contributed by atoms with E-state index < -0.39 is 15.9 Å². The zero-order chi connectivity index (χ0) is 25.4. The molecule has 0 bridgehead atoms. The second-order valence-electron chi connectivity index (χ2n) is 9.16. The van der Waals surface area contributed by atoms with Crippen LogP contribution in [-0.2, 0) is 10.0 Å². The second kappa shape index (κ2) is 9.68. The number of rotatable bonds is 6. The van der Waals surface area contributed by atoms with Gasteiger partial charge in [0.1, 0.15) is 0 Å². The monoisotopic (exact) mass is 528 g/mol. The molecule has 190 valence electrons. The molecule has 2 aliphatic rings. The number of carbonyl (C=O) groups is 2. The van der Waals surface area contributed by atoms with Crippen LogP contribution in [0.5, 0.6) is 0 Å². The molecular weight excluding hydrogens is 500 g/mol. The highest BCUT2D eigenvalue weighted by atomic mass is 32.2. The maximum atomic E-state index is 12.5. The number of aromatic nitrogens is 2. The first-order valence-electron chi connectivity index (χ1n) is 11.8. The second-order valence-corrected chi connectivity index (χ2v) is 12.0. The molecule has 2 aromatic heterocycles. The number of thiazole rings is 1. The number of anilines is 1. The molecule has 0 spiro atoms. The lowest BCUT2D eigenvalue weighted by molar-refractivity contribution is 0.0931. The molecular formula is C24H28N6O4S2. The largest absolute Gasteiger partial charge is 0.369 e. The Kier molecular flexibility index (Phi) is 6.58. The number of hydrogen-bond acceptors (Lipinski definition) is 7. The topological polar surface area (TPSA) is 141 Å². The summed E-state index contributed by atoms with van der Waals surface area (Å²) in [4.78, 5) is 34.4. The number of amides is 2. The van der Waals surface area contributed by atoms with Crippen molar-refractivity contribution < 1.29 is 18.0 Å². The zero-order valence-corrected chi connectivity index (χ0v) is 21.5. The molecule has 0 saturated carbocycles. The van der Waals surface area contributed by atoms with E-state index in [0.717, 1.165) is 41.7 Å². The Labute approximate surface area is 213 Å². The summed E-state index contributed by atoms with van der Waals surface area (Å²) in [5.74, 6) is -0.685. The minimum absolute atomic E-state index is 0.0255. The van der Waals surface area contributed by atoms with Crippen molar-refractivity contribution in [3.63, 3.8) is 0 Å². The lowest BCUT2D eigenvalue weighted by atomic mass is 10.0. The van der Waals surface area contributed by atoms with Crippen LogP contribution in [0.2, 0.25) is 0 Å². The van der Waals surface area contributed by atoms with Gasteiger partial charge in [-0.05, 0) is 43.0 Å². The van der Waals surface area contributed by atoms with Gasteiger partial charge >= 0.3 is 0 Å². The molecule has 0 radical (unpaired) electrons. The van der Waals surface area contributed by atoms with Crippen LogP contribution >= 0.6 is 11.3 Å². The smallest absolute Gasteiger partial charge is 0.280 e. The molecule has 4 heterocycles. The predicted molar refractivity (Wildman–Crippen MR) is 141 cm³/mol. The molecule has 1 unspecified atom stereocenters. The Hall–Kier alpha value is -3.22. The number of nitrogens with one attached hydrogen (secondary N) is 2. The number of nitrogens with two attached hydrogens (primary N) is 1. The van der Waals surface area contributed by atoms with E-state index in [0.29, 0.717) is 42.1 Å². The lowest BCUT2D eigenvalue weighted by Crippen LogP contribution is -2.47. The van der Waals surface area contributed by atoms with E-state index in [1.54, 1.807) is 17.6 Å². The van der Waals surface area contributed by atoms with E-state index in [1.165, 1.54) is 21.9 Å². The van der Waals surface area contributed by atoms with Gasteiger partial charge in [-0.2, -0.15) is 4.31 Å². The van der Waals surface area contributed by atoms with Crippen molar-refractivity contribution in [2.24, 2.45) is 5.73 Å². The van der Waals surface area contributed by atoms with Gasteiger partial charge in [-0.15, -0.1) is 11.3 Å². The van der Waals surface area contributed by atoms with Crippen molar-refractivity contribution in [3.05, 3.63) is 52.1 Å². The summed E-state index contributed by atoms with van der Waals surface area (Å²) in [7, 11) is -3.25. The highest BCUT2D eigenvalue weighted by molar-refractivity contribution is 7.88. The number of primary amides is 1. The molecule has 1 fully saturated rings. The normalized spacial score (nSPS) is 19.3. The number of H-pyrrole nitrogens is 1. The molecule has 3 aromatic rings. The van der Waals surface area contributed by atoms with Gasteiger partial charge in [-0.1, -0.05) is 6.08 Å². The summed E-state index contributed by atoms with van der Waals surface area (Å²) >= 11 is 1.31. The molecule has 2 amide bonds. The quantitative estimate of drug-likeness (QED) is 0.448. The molecule has 4 N–H and O–H groups in total. The summed E-state index contributed by atoms with van der Waals surface area (Å²) in [6.45, 7) is 2.17. The molecule has 5 rings (SSSR count). The van der Waals surface area contributed by atoms with Crippen LogP contribution in [0.4, 0.5) is 5.69 Å². The van der Waals surface area contributed by atoms with Gasteiger partial charge in [0.05, 0.1) is 17.3 Å². The summed E-state index contributed by atoms with van der Waals surface area (Å²) in [6.07, 6.45) is 7.09. The van der Waals surface area contributed by atoms with E-state index >= 15 is 0 Å². The summed E-state index contributed by atoms with van der Waals surface area (Å²) in [5, 5.41) is 6.20. The first-order chi connectivity index (χ1) is 17.2. The molecule has 1 atom stereocenters. The van der Waals surface area contributed by atoms with Crippen LogP contribution in [0.15, 0.2) is 35.9 Å². The van der Waals surface area contributed by atoms with Gasteiger partial charge in [0.15, 0.2) is 5.01 Å². The van der Waals surface area contributed by atoms with Crippen LogP contribution in [0.25, 0.3) is 16.5 Å². The van der Waals surface area contributed by atoms with Crippen molar-refractivity contribution in [3.8, 4) is 0 Å². The minimum atomic E-state index is -3.25. The highest BCUT2D eigenvalue weighted by Crippen LogP contribution is 2.35. The number of aromatic amines is 1. The van der Waals surface area contributed by atoms with Crippen molar-refractivity contribution in [1.82, 2.24) is 19.6 Å². The Balaban J connectivity index is 1.44. The minimum Gasteiger partial charge on any atom is -0.369 e. The number of sulfonamides is 1. The third kappa shape index (κ3) is 4.88. The summed E-state index contributed by atoms with van der Waals surface area (Å²) < 4.78 is 25.2.